The van der Waals surface area contributed by atoms with Gasteiger partial charge in [-0.3, -0.25) is 4.79 Å². The summed E-state index contributed by atoms with van der Waals surface area (Å²) in [5, 5.41) is 10.2. The number of carbonyl (C=O) groups is 1. The number of aryl methyl sites for hydroxylation is 2. The number of hydrogen-bond acceptors (Lipinski definition) is 6. The van der Waals surface area contributed by atoms with Crippen LogP contribution >= 0.6 is 23.2 Å². The van der Waals surface area contributed by atoms with Gasteiger partial charge in [-0.15, -0.1) is 0 Å². The van der Waals surface area contributed by atoms with Crippen molar-refractivity contribution < 1.29 is 9.53 Å². The first-order chi connectivity index (χ1) is 16.8. The van der Waals surface area contributed by atoms with Gasteiger partial charge in [0, 0.05) is 28.2 Å². The van der Waals surface area contributed by atoms with E-state index in [-0.39, 0.29) is 12.5 Å². The van der Waals surface area contributed by atoms with Gasteiger partial charge in [-0.1, -0.05) is 40.9 Å². The molecule has 0 saturated carbocycles. The SMILES string of the molecule is Cc1ccc(Nc2cc(Nc3ccc(NC(=O)COc4ccc(Cl)cc4Cl)cc3)nc(C)n2)cc1. The number of carbonyl (C=O) groups excluding carboxylic acids is 1. The highest BCUT2D eigenvalue weighted by Crippen LogP contribution is 2.27. The Hall–Kier alpha value is -3.81. The Kier molecular flexibility index (Phi) is 7.70. The van der Waals surface area contributed by atoms with Gasteiger partial charge in [0.25, 0.3) is 5.91 Å². The highest BCUT2D eigenvalue weighted by atomic mass is 35.5. The molecule has 4 rings (SSSR count). The highest BCUT2D eigenvalue weighted by molar-refractivity contribution is 6.35. The zero-order valence-electron chi connectivity index (χ0n) is 19.1. The van der Waals surface area contributed by atoms with E-state index in [4.69, 9.17) is 27.9 Å². The maximum absolute atomic E-state index is 12.2. The van der Waals surface area contributed by atoms with E-state index in [0.717, 1.165) is 11.4 Å². The van der Waals surface area contributed by atoms with Gasteiger partial charge in [-0.2, -0.15) is 0 Å². The Morgan fingerprint density at radius 3 is 1.97 bits per heavy atom. The van der Waals surface area contributed by atoms with E-state index in [1.807, 2.05) is 56.3 Å². The van der Waals surface area contributed by atoms with Crippen LogP contribution in [0.25, 0.3) is 0 Å². The third kappa shape index (κ3) is 7.09. The zero-order chi connectivity index (χ0) is 24.8. The second kappa shape index (κ2) is 11.1. The number of ether oxygens (including phenoxy) is 1. The topological polar surface area (TPSA) is 88.2 Å². The van der Waals surface area contributed by atoms with Gasteiger partial charge in [0.15, 0.2) is 6.61 Å². The van der Waals surface area contributed by atoms with Gasteiger partial charge in [0.2, 0.25) is 0 Å². The molecule has 1 heterocycles. The van der Waals surface area contributed by atoms with Crippen molar-refractivity contribution in [2.24, 2.45) is 0 Å². The number of nitrogens with one attached hydrogen (secondary N) is 3. The summed E-state index contributed by atoms with van der Waals surface area (Å²) >= 11 is 11.9. The summed E-state index contributed by atoms with van der Waals surface area (Å²) in [7, 11) is 0. The Balaban J connectivity index is 1.34. The molecule has 1 aromatic heterocycles. The van der Waals surface area contributed by atoms with Crippen LogP contribution in [0.5, 0.6) is 5.75 Å². The summed E-state index contributed by atoms with van der Waals surface area (Å²) in [5.41, 5.74) is 3.58. The molecule has 0 saturated heterocycles. The van der Waals surface area contributed by atoms with Crippen LogP contribution in [0, 0.1) is 13.8 Å². The lowest BCUT2D eigenvalue weighted by Crippen LogP contribution is -2.20. The van der Waals surface area contributed by atoms with E-state index in [2.05, 4.69) is 25.9 Å². The molecule has 0 aliphatic rings. The van der Waals surface area contributed by atoms with E-state index < -0.39 is 0 Å². The fraction of sp³-hybridized carbons (Fsp3) is 0.115. The van der Waals surface area contributed by atoms with Gasteiger partial charge in [-0.25, -0.2) is 9.97 Å². The summed E-state index contributed by atoms with van der Waals surface area (Å²) in [6.07, 6.45) is 0. The third-order valence-corrected chi connectivity index (χ3v) is 5.39. The Morgan fingerprint density at radius 1 is 0.800 bits per heavy atom. The molecule has 4 aromatic rings. The maximum Gasteiger partial charge on any atom is 0.262 e. The second-order valence-corrected chi connectivity index (χ2v) is 8.63. The number of amides is 1. The smallest absolute Gasteiger partial charge is 0.262 e. The van der Waals surface area contributed by atoms with Crippen molar-refractivity contribution in [2.75, 3.05) is 22.6 Å². The van der Waals surface area contributed by atoms with E-state index in [0.29, 0.717) is 38.9 Å². The molecule has 35 heavy (non-hydrogen) atoms. The molecule has 0 radical (unpaired) electrons. The first kappa shape index (κ1) is 24.3. The van der Waals surface area contributed by atoms with Crippen molar-refractivity contribution in [2.45, 2.75) is 13.8 Å². The summed E-state index contributed by atoms with van der Waals surface area (Å²) < 4.78 is 5.46. The van der Waals surface area contributed by atoms with Crippen molar-refractivity contribution >= 4 is 57.8 Å². The van der Waals surface area contributed by atoms with Crippen molar-refractivity contribution in [1.82, 2.24) is 9.97 Å². The summed E-state index contributed by atoms with van der Waals surface area (Å²) in [4.78, 5) is 21.1. The first-order valence-corrected chi connectivity index (χ1v) is 11.5. The monoisotopic (exact) mass is 507 g/mol. The van der Waals surface area contributed by atoms with Crippen LogP contribution in [0.2, 0.25) is 10.0 Å². The minimum Gasteiger partial charge on any atom is -0.482 e. The highest BCUT2D eigenvalue weighted by Gasteiger charge is 2.08. The second-order valence-electron chi connectivity index (χ2n) is 7.79. The average Bonchev–Trinajstić information content (AvgIpc) is 2.81. The lowest BCUT2D eigenvalue weighted by atomic mass is 10.2. The van der Waals surface area contributed by atoms with Gasteiger partial charge < -0.3 is 20.7 Å². The Bertz CT molecular complexity index is 1330. The molecule has 1 amide bonds. The number of anilines is 5. The van der Waals surface area contributed by atoms with Crippen molar-refractivity contribution in [1.29, 1.82) is 0 Å². The van der Waals surface area contributed by atoms with Crippen molar-refractivity contribution in [3.05, 3.63) is 94.2 Å². The average molecular weight is 508 g/mol. The molecule has 9 heteroatoms. The number of nitrogens with zero attached hydrogens (tertiary/aromatic N) is 2. The minimum atomic E-state index is -0.310. The molecule has 0 aliphatic heterocycles. The predicted octanol–water partition coefficient (Wildman–Crippen LogP) is 6.90. The van der Waals surface area contributed by atoms with Crippen molar-refractivity contribution in [3.8, 4) is 5.75 Å². The van der Waals surface area contributed by atoms with E-state index in [9.17, 15) is 4.79 Å². The van der Waals surface area contributed by atoms with E-state index >= 15 is 0 Å². The molecule has 3 aromatic carbocycles. The standard InChI is InChI=1S/C26H23Cl2N5O2/c1-16-3-6-19(7-4-16)31-24-14-25(30-17(2)29-24)32-20-8-10-21(11-9-20)33-26(34)15-35-23-12-5-18(27)13-22(23)28/h3-14H,15H2,1-2H3,(H,33,34)(H2,29,30,31,32). The van der Waals surface area contributed by atoms with Gasteiger partial charge >= 0.3 is 0 Å². The zero-order valence-corrected chi connectivity index (χ0v) is 20.6. The van der Waals surface area contributed by atoms with E-state index in [1.165, 1.54) is 5.56 Å². The fourth-order valence-electron chi connectivity index (χ4n) is 3.20. The largest absolute Gasteiger partial charge is 0.482 e. The quantitative estimate of drug-likeness (QED) is 0.240. The first-order valence-electron chi connectivity index (χ1n) is 10.8. The summed E-state index contributed by atoms with van der Waals surface area (Å²) in [5.74, 6) is 2.05. The molecule has 178 valence electrons. The summed E-state index contributed by atoms with van der Waals surface area (Å²) in [6, 6.07) is 22.0. The van der Waals surface area contributed by atoms with Gasteiger partial charge in [0.1, 0.15) is 23.2 Å². The molecule has 0 unspecified atom stereocenters. The Labute approximate surface area is 213 Å². The fourth-order valence-corrected chi connectivity index (χ4v) is 3.66. The van der Waals surface area contributed by atoms with Gasteiger partial charge in [0.05, 0.1) is 5.02 Å². The van der Waals surface area contributed by atoms with Crippen LogP contribution < -0.4 is 20.7 Å². The Morgan fingerprint density at radius 2 is 1.37 bits per heavy atom. The molecule has 0 spiro atoms. The number of aromatic nitrogens is 2. The molecular weight excluding hydrogens is 485 g/mol. The third-order valence-electron chi connectivity index (χ3n) is 4.86. The number of rotatable bonds is 8. The number of hydrogen-bond donors (Lipinski definition) is 3. The minimum absolute atomic E-state index is 0.182. The molecule has 0 atom stereocenters. The lowest BCUT2D eigenvalue weighted by Gasteiger charge is -2.12. The molecule has 3 N–H and O–H groups in total. The molecule has 0 fully saturated rings. The molecular formula is C26H23Cl2N5O2. The number of benzene rings is 3. The molecule has 0 aliphatic carbocycles. The lowest BCUT2D eigenvalue weighted by molar-refractivity contribution is -0.118. The van der Waals surface area contributed by atoms with Crippen LogP contribution in [0.1, 0.15) is 11.4 Å². The number of halogens is 2. The van der Waals surface area contributed by atoms with Crippen LogP contribution in [0.4, 0.5) is 28.7 Å². The van der Waals surface area contributed by atoms with Crippen LogP contribution in [-0.2, 0) is 4.79 Å². The predicted molar refractivity (Wildman–Crippen MR) is 142 cm³/mol. The van der Waals surface area contributed by atoms with E-state index in [1.54, 1.807) is 30.3 Å². The molecule has 7 nitrogen and oxygen atoms in total. The van der Waals surface area contributed by atoms with Crippen LogP contribution in [0.15, 0.2) is 72.8 Å². The van der Waals surface area contributed by atoms with Crippen LogP contribution in [0.3, 0.4) is 0 Å². The molecule has 0 bridgehead atoms. The summed E-state index contributed by atoms with van der Waals surface area (Å²) in [6.45, 7) is 3.70. The van der Waals surface area contributed by atoms with Crippen molar-refractivity contribution in [3.63, 3.8) is 0 Å². The normalized spacial score (nSPS) is 10.5. The maximum atomic E-state index is 12.2. The van der Waals surface area contributed by atoms with Crippen LogP contribution in [-0.4, -0.2) is 22.5 Å². The van der Waals surface area contributed by atoms with Gasteiger partial charge in [-0.05, 0) is 68.4 Å².